The second-order valence-electron chi connectivity index (χ2n) is 4.64. The molecule has 1 N–H and O–H groups in total. The van der Waals surface area contributed by atoms with Crippen LogP contribution in [0, 0.1) is 11.6 Å². The van der Waals surface area contributed by atoms with Crippen LogP contribution in [0.1, 0.15) is 23.1 Å². The maximum absolute atomic E-state index is 10.5. The molecule has 1 atom stereocenters. The Labute approximate surface area is 120 Å². The molecular weight excluding hydrogens is 263 g/mol. The number of benzene rings is 2. The van der Waals surface area contributed by atoms with Crippen LogP contribution < -0.4 is 0 Å². The number of hydrogen-bond donors (Lipinski definition) is 1. The zero-order valence-electron chi connectivity index (χ0n) is 11.3. The summed E-state index contributed by atoms with van der Waals surface area (Å²) in [6.45, 7) is 2.07. The summed E-state index contributed by atoms with van der Waals surface area (Å²) in [6, 6.07) is 7.92. The Morgan fingerprint density at radius 3 is 2.50 bits per heavy atom. The first-order valence-corrected chi connectivity index (χ1v) is 8.11. The molecule has 3 rings (SSSR count). The van der Waals surface area contributed by atoms with E-state index in [0.29, 0.717) is 14.3 Å². The second-order valence-corrected chi connectivity index (χ2v) is 5.39. The molecule has 0 aromatic heterocycles. The fraction of sp³-hybridized carbons (Fsp3) is 0.111. The van der Waals surface area contributed by atoms with Gasteiger partial charge in [0.25, 0.3) is 0 Å². The zero-order chi connectivity index (χ0) is 13.9. The average Bonchev–Trinajstić information content (AvgIpc) is 2.73. The highest BCUT2D eigenvalue weighted by atomic mass is 31.1. The lowest BCUT2D eigenvalue weighted by Crippen LogP contribution is -1.91. The lowest BCUT2D eigenvalue weighted by Gasteiger charge is -2.12. The summed E-state index contributed by atoms with van der Waals surface area (Å²) in [4.78, 5) is 0. The molecule has 0 bridgehead atoms. The van der Waals surface area contributed by atoms with Crippen LogP contribution in [0.5, 0.6) is 5.75 Å². The molecule has 0 heterocycles. The van der Waals surface area contributed by atoms with Gasteiger partial charge in [-0.25, -0.2) is 0 Å². The second kappa shape index (κ2) is 5.53. The molecule has 0 aliphatic heterocycles. The van der Waals surface area contributed by atoms with Gasteiger partial charge < -0.3 is 5.11 Å². The van der Waals surface area contributed by atoms with Gasteiger partial charge in [0, 0.05) is 27.5 Å². The molecule has 1 unspecified atom stereocenters. The third kappa shape index (κ3) is 2.13. The van der Waals surface area contributed by atoms with E-state index in [1.165, 1.54) is 0 Å². The highest BCUT2D eigenvalue weighted by Gasteiger charge is 2.15. The molecule has 1 aliphatic rings. The zero-order valence-corrected chi connectivity index (χ0v) is 12.3. The molecule has 2 aromatic carbocycles. The molecule has 98 valence electrons. The van der Waals surface area contributed by atoms with Crippen molar-refractivity contribution in [3.63, 3.8) is 0 Å². The molecule has 1 aliphatic carbocycles. The normalized spacial score (nSPS) is 13.2. The molecule has 20 heavy (non-hydrogen) atoms. The summed E-state index contributed by atoms with van der Waals surface area (Å²) in [7, 11) is 0.597. The standard InChI is InChI=1S/C18H15OP/c1-20-12-11-15-13-7-3-2-4-9-16(13)18(19)17-10-6-5-8-14(15)17/h3-10,19-20H,2H2,1H3. The first kappa shape index (κ1) is 13.0. The molecule has 2 heteroatoms. The van der Waals surface area contributed by atoms with Crippen molar-refractivity contribution in [3.8, 4) is 17.3 Å². The number of fused-ring (bicyclic) bond motifs is 2. The predicted molar refractivity (Wildman–Crippen MR) is 89.4 cm³/mol. The largest absolute Gasteiger partial charge is 0.507 e. The van der Waals surface area contributed by atoms with E-state index in [1.807, 2.05) is 30.3 Å². The van der Waals surface area contributed by atoms with Gasteiger partial charge in [-0.05, 0) is 21.7 Å². The van der Waals surface area contributed by atoms with Crippen molar-refractivity contribution >= 4 is 31.5 Å². The van der Waals surface area contributed by atoms with Gasteiger partial charge in [-0.1, -0.05) is 60.2 Å². The minimum atomic E-state index is 0.350. The van der Waals surface area contributed by atoms with Gasteiger partial charge in [-0.2, -0.15) is 0 Å². The fourth-order valence-corrected chi connectivity index (χ4v) is 2.76. The summed E-state index contributed by atoms with van der Waals surface area (Å²) in [5.41, 5.74) is 6.11. The van der Waals surface area contributed by atoms with Crippen molar-refractivity contribution in [2.75, 3.05) is 6.66 Å². The first-order valence-electron chi connectivity index (χ1n) is 6.61. The highest BCUT2D eigenvalue weighted by molar-refractivity contribution is 7.43. The maximum Gasteiger partial charge on any atom is 0.131 e. The monoisotopic (exact) mass is 278 g/mol. The van der Waals surface area contributed by atoms with Crippen LogP contribution >= 0.6 is 8.58 Å². The smallest absolute Gasteiger partial charge is 0.131 e. The quantitative estimate of drug-likeness (QED) is 0.552. The van der Waals surface area contributed by atoms with Crippen molar-refractivity contribution in [2.45, 2.75) is 6.42 Å². The minimum absolute atomic E-state index is 0.350. The maximum atomic E-state index is 10.5. The first-order chi connectivity index (χ1) is 9.83. The Morgan fingerprint density at radius 2 is 1.75 bits per heavy atom. The SMILES string of the molecule is CPC#Cc1c2c(c(O)c3ccccc13)C=CCC=C2. The van der Waals surface area contributed by atoms with Crippen molar-refractivity contribution in [1.29, 1.82) is 0 Å². The third-order valence-electron chi connectivity index (χ3n) is 3.42. The third-order valence-corrected chi connectivity index (χ3v) is 3.79. The van der Waals surface area contributed by atoms with E-state index >= 15 is 0 Å². The topological polar surface area (TPSA) is 20.2 Å². The lowest BCUT2D eigenvalue weighted by atomic mass is 9.93. The van der Waals surface area contributed by atoms with Crippen LogP contribution in [0.3, 0.4) is 0 Å². The molecule has 2 aromatic rings. The highest BCUT2D eigenvalue weighted by Crippen LogP contribution is 2.37. The van der Waals surface area contributed by atoms with E-state index in [4.69, 9.17) is 0 Å². The molecule has 0 fully saturated rings. The Hall–Kier alpha value is -2.03. The lowest BCUT2D eigenvalue weighted by molar-refractivity contribution is 0.480. The van der Waals surface area contributed by atoms with Crippen LogP contribution in [0.4, 0.5) is 0 Å². The van der Waals surface area contributed by atoms with Gasteiger partial charge in [0.1, 0.15) is 5.75 Å². The molecule has 0 saturated heterocycles. The van der Waals surface area contributed by atoms with E-state index in [2.05, 4.69) is 36.5 Å². The number of aromatic hydroxyl groups is 1. The van der Waals surface area contributed by atoms with Crippen LogP contribution in [0.25, 0.3) is 22.9 Å². The van der Waals surface area contributed by atoms with E-state index < -0.39 is 0 Å². The van der Waals surface area contributed by atoms with E-state index in [9.17, 15) is 5.11 Å². The molecular formula is C18H15OP. The molecule has 0 spiro atoms. The average molecular weight is 278 g/mol. The van der Waals surface area contributed by atoms with Crippen molar-refractivity contribution < 1.29 is 5.11 Å². The van der Waals surface area contributed by atoms with Gasteiger partial charge >= 0.3 is 0 Å². The summed E-state index contributed by atoms with van der Waals surface area (Å²) >= 11 is 0. The Morgan fingerprint density at radius 1 is 1.05 bits per heavy atom. The summed E-state index contributed by atoms with van der Waals surface area (Å²) < 4.78 is 0. The van der Waals surface area contributed by atoms with E-state index in [1.54, 1.807) is 0 Å². The van der Waals surface area contributed by atoms with E-state index in [-0.39, 0.29) is 0 Å². The molecule has 0 radical (unpaired) electrons. The van der Waals surface area contributed by atoms with Crippen molar-refractivity contribution in [1.82, 2.24) is 0 Å². The van der Waals surface area contributed by atoms with Gasteiger partial charge in [-0.3, -0.25) is 0 Å². The molecule has 1 nitrogen and oxygen atoms in total. The number of allylic oxidation sites excluding steroid dienone is 2. The fourth-order valence-electron chi connectivity index (χ4n) is 2.51. The van der Waals surface area contributed by atoms with E-state index in [0.717, 1.165) is 33.9 Å². The van der Waals surface area contributed by atoms with Gasteiger partial charge in [0.2, 0.25) is 0 Å². The number of hydrogen-bond acceptors (Lipinski definition) is 1. The number of rotatable bonds is 0. The van der Waals surface area contributed by atoms with Gasteiger partial charge in [-0.15, -0.1) is 0 Å². The van der Waals surface area contributed by atoms with Crippen LogP contribution in [-0.2, 0) is 0 Å². The predicted octanol–water partition coefficient (Wildman–Crippen LogP) is 4.59. The number of phenols is 1. The Kier molecular flexibility index (Phi) is 3.59. The number of phenolic OH excluding ortho intramolecular Hbond substituents is 1. The molecule has 0 saturated carbocycles. The van der Waals surface area contributed by atoms with Gasteiger partial charge in [0.15, 0.2) is 0 Å². The summed E-state index contributed by atoms with van der Waals surface area (Å²) in [5.74, 6) is 3.64. The van der Waals surface area contributed by atoms with Gasteiger partial charge in [0.05, 0.1) is 0 Å². The van der Waals surface area contributed by atoms with Crippen LogP contribution in [-0.4, -0.2) is 11.8 Å². The minimum Gasteiger partial charge on any atom is -0.507 e. The molecule has 0 amide bonds. The summed E-state index contributed by atoms with van der Waals surface area (Å²) in [5, 5.41) is 12.4. The van der Waals surface area contributed by atoms with Crippen LogP contribution in [0.2, 0.25) is 0 Å². The summed E-state index contributed by atoms with van der Waals surface area (Å²) in [6.07, 6.45) is 9.12. The Balaban J connectivity index is 2.47. The Bertz CT molecular complexity index is 788. The van der Waals surface area contributed by atoms with Crippen molar-refractivity contribution in [3.05, 3.63) is 53.1 Å². The van der Waals surface area contributed by atoms with Crippen LogP contribution in [0.15, 0.2) is 36.4 Å². The van der Waals surface area contributed by atoms with Crippen molar-refractivity contribution in [2.24, 2.45) is 0 Å².